The van der Waals surface area contributed by atoms with Gasteiger partial charge in [0.15, 0.2) is 0 Å². The zero-order chi connectivity index (χ0) is 16.9. The molecule has 0 bridgehead atoms. The second-order valence-electron chi connectivity index (χ2n) is 5.40. The zero-order valence-corrected chi connectivity index (χ0v) is 12.7. The Morgan fingerprint density at radius 2 is 1.54 bits per heavy atom. The molecule has 0 saturated heterocycles. The number of hydrogen-bond acceptors (Lipinski definition) is 5. The van der Waals surface area contributed by atoms with Crippen molar-refractivity contribution in [2.45, 2.75) is 5.92 Å². The highest BCUT2D eigenvalue weighted by atomic mass is 16.7. The molecule has 2 atom stereocenters. The smallest absolute Gasteiger partial charge is 0.317 e. The van der Waals surface area contributed by atoms with Gasteiger partial charge in [-0.15, -0.1) is 0 Å². The van der Waals surface area contributed by atoms with Gasteiger partial charge in [-0.05, 0) is 5.56 Å². The van der Waals surface area contributed by atoms with E-state index in [2.05, 4.69) is 5.16 Å². The summed E-state index contributed by atoms with van der Waals surface area (Å²) >= 11 is 0. The van der Waals surface area contributed by atoms with Gasteiger partial charge in [0.1, 0.15) is 17.5 Å². The average molecular weight is 315 g/mol. The molecule has 0 N–H and O–H groups in total. The van der Waals surface area contributed by atoms with E-state index >= 15 is 0 Å². The number of nitriles is 2. The predicted octanol–water partition coefficient (Wildman–Crippen LogP) is 3.01. The van der Waals surface area contributed by atoms with Crippen LogP contribution < -0.4 is 0 Å². The topological polar surface area (TPSA) is 86.2 Å². The highest BCUT2D eigenvalue weighted by Crippen LogP contribution is 2.37. The average Bonchev–Trinajstić information content (AvgIpc) is 3.02. The molecule has 1 aliphatic heterocycles. The normalized spacial score (nSPS) is 17.5. The molecule has 2 aromatic carbocycles. The summed E-state index contributed by atoms with van der Waals surface area (Å²) in [6.45, 7) is 0. The van der Waals surface area contributed by atoms with Crippen LogP contribution in [0.5, 0.6) is 0 Å². The molecule has 3 rings (SSSR count). The Morgan fingerprint density at radius 1 is 0.958 bits per heavy atom. The molecule has 0 spiro atoms. The van der Waals surface area contributed by atoms with Crippen LogP contribution in [-0.4, -0.2) is 11.7 Å². The summed E-state index contributed by atoms with van der Waals surface area (Å²) in [6, 6.07) is 22.2. The van der Waals surface area contributed by atoms with E-state index in [0.717, 1.165) is 11.1 Å². The van der Waals surface area contributed by atoms with Crippen LogP contribution in [0.3, 0.4) is 0 Å². The molecule has 1 heterocycles. The van der Waals surface area contributed by atoms with Crippen molar-refractivity contribution >= 4 is 11.7 Å². The van der Waals surface area contributed by atoms with Crippen molar-refractivity contribution in [3.63, 3.8) is 0 Å². The summed E-state index contributed by atoms with van der Waals surface area (Å²) < 4.78 is 0. The lowest BCUT2D eigenvalue weighted by molar-refractivity contribution is -0.144. The maximum Gasteiger partial charge on any atom is 0.344 e. The lowest BCUT2D eigenvalue weighted by Crippen LogP contribution is -2.30. The Hall–Kier alpha value is -3.44. The molecule has 0 fully saturated rings. The first-order valence-electron chi connectivity index (χ1n) is 7.44. The number of carbonyl (C=O) groups excluding carboxylic acids is 1. The second kappa shape index (κ2) is 6.76. The number of nitrogens with zero attached hydrogens (tertiary/aromatic N) is 3. The Morgan fingerprint density at radius 3 is 2.12 bits per heavy atom. The minimum atomic E-state index is -0.989. The summed E-state index contributed by atoms with van der Waals surface area (Å²) in [7, 11) is 0. The molecular formula is C19H13N3O2. The van der Waals surface area contributed by atoms with E-state index in [1.807, 2.05) is 60.7 Å². The number of carbonyl (C=O) groups is 1. The molecule has 5 heteroatoms. The van der Waals surface area contributed by atoms with E-state index in [4.69, 9.17) is 4.84 Å². The first-order chi connectivity index (χ1) is 11.8. The molecule has 0 unspecified atom stereocenters. The molecule has 0 aromatic heterocycles. The van der Waals surface area contributed by atoms with Gasteiger partial charge >= 0.3 is 5.97 Å². The van der Waals surface area contributed by atoms with Crippen LogP contribution in [0.1, 0.15) is 17.0 Å². The largest absolute Gasteiger partial charge is 0.344 e. The summed E-state index contributed by atoms with van der Waals surface area (Å²) in [4.78, 5) is 17.3. The highest BCUT2D eigenvalue weighted by molar-refractivity contribution is 6.14. The third kappa shape index (κ3) is 2.76. The van der Waals surface area contributed by atoms with Crippen LogP contribution in [0.15, 0.2) is 65.8 Å². The first-order valence-corrected chi connectivity index (χ1v) is 7.44. The summed E-state index contributed by atoms with van der Waals surface area (Å²) in [5.74, 6) is -2.97. The Balaban J connectivity index is 2.10. The van der Waals surface area contributed by atoms with Crippen molar-refractivity contribution < 1.29 is 9.63 Å². The van der Waals surface area contributed by atoms with Crippen molar-refractivity contribution in [1.29, 1.82) is 10.5 Å². The third-order valence-electron chi connectivity index (χ3n) is 4.03. The predicted molar refractivity (Wildman–Crippen MR) is 86.5 cm³/mol. The van der Waals surface area contributed by atoms with Crippen molar-refractivity contribution in [2.75, 3.05) is 0 Å². The lowest BCUT2D eigenvalue weighted by Gasteiger charge is -2.23. The minimum Gasteiger partial charge on any atom is -0.317 e. The molecule has 116 valence electrons. The van der Waals surface area contributed by atoms with Crippen LogP contribution in [0.4, 0.5) is 0 Å². The van der Waals surface area contributed by atoms with Crippen LogP contribution in [0, 0.1) is 34.5 Å². The van der Waals surface area contributed by atoms with Crippen molar-refractivity contribution in [3.8, 4) is 12.1 Å². The molecule has 0 aliphatic carbocycles. The summed E-state index contributed by atoms with van der Waals surface area (Å²) in [5, 5.41) is 22.7. The van der Waals surface area contributed by atoms with E-state index in [1.165, 1.54) is 0 Å². The van der Waals surface area contributed by atoms with Crippen molar-refractivity contribution in [2.24, 2.45) is 17.0 Å². The molecule has 5 nitrogen and oxygen atoms in total. The van der Waals surface area contributed by atoms with Gasteiger partial charge in [0.05, 0.1) is 12.1 Å². The molecule has 1 aliphatic rings. The van der Waals surface area contributed by atoms with Gasteiger partial charge in [0.2, 0.25) is 0 Å². The van der Waals surface area contributed by atoms with E-state index in [-0.39, 0.29) is 0 Å². The summed E-state index contributed by atoms with van der Waals surface area (Å²) in [5.41, 5.74) is 1.92. The van der Waals surface area contributed by atoms with Crippen molar-refractivity contribution in [1.82, 2.24) is 0 Å². The zero-order valence-electron chi connectivity index (χ0n) is 12.7. The Bertz CT molecular complexity index is 834. The third-order valence-corrected chi connectivity index (χ3v) is 4.03. The van der Waals surface area contributed by atoms with E-state index in [9.17, 15) is 15.3 Å². The SMILES string of the molecule is N#CC(C#N)[C@@H](c1ccccc1)[C@H]1C(=O)ON=C1c1ccccc1. The standard InChI is InChI=1S/C19H13N3O2/c20-11-15(12-21)16(13-7-3-1-4-8-13)17-18(22-24-19(17)23)14-9-5-2-6-10-14/h1-10,15-17H/t16-,17-/m1/s1. The first kappa shape index (κ1) is 15.5. The second-order valence-corrected chi connectivity index (χ2v) is 5.40. The molecule has 2 aromatic rings. The maximum atomic E-state index is 12.4. The fraction of sp³-hybridized carbons (Fsp3) is 0.158. The highest BCUT2D eigenvalue weighted by Gasteiger charge is 2.44. The van der Waals surface area contributed by atoms with Crippen LogP contribution >= 0.6 is 0 Å². The minimum absolute atomic E-state index is 0.449. The number of benzene rings is 2. The molecule has 24 heavy (non-hydrogen) atoms. The monoisotopic (exact) mass is 315 g/mol. The van der Waals surface area contributed by atoms with Crippen LogP contribution in [-0.2, 0) is 9.63 Å². The van der Waals surface area contributed by atoms with Crippen LogP contribution in [0.2, 0.25) is 0 Å². The van der Waals surface area contributed by atoms with E-state index in [1.54, 1.807) is 12.1 Å². The number of hydrogen-bond donors (Lipinski definition) is 0. The Labute approximate surface area is 139 Å². The van der Waals surface area contributed by atoms with E-state index in [0.29, 0.717) is 5.71 Å². The maximum absolute atomic E-state index is 12.4. The van der Waals surface area contributed by atoms with Crippen LogP contribution in [0.25, 0.3) is 0 Å². The summed E-state index contributed by atoms with van der Waals surface area (Å²) in [6.07, 6.45) is 0. The van der Waals surface area contributed by atoms with Gasteiger partial charge < -0.3 is 4.84 Å². The Kier molecular flexibility index (Phi) is 4.36. The van der Waals surface area contributed by atoms with Gasteiger partial charge in [-0.3, -0.25) is 0 Å². The van der Waals surface area contributed by atoms with Gasteiger partial charge in [-0.2, -0.15) is 10.5 Å². The van der Waals surface area contributed by atoms with Crippen molar-refractivity contribution in [3.05, 3.63) is 71.8 Å². The van der Waals surface area contributed by atoms with Gasteiger partial charge in [0.25, 0.3) is 0 Å². The quantitative estimate of drug-likeness (QED) is 0.811. The molecular weight excluding hydrogens is 302 g/mol. The van der Waals surface area contributed by atoms with Gasteiger partial charge in [-0.1, -0.05) is 65.8 Å². The fourth-order valence-electron chi connectivity index (χ4n) is 2.92. The van der Waals surface area contributed by atoms with Gasteiger partial charge in [-0.25, -0.2) is 4.79 Å². The lowest BCUT2D eigenvalue weighted by atomic mass is 9.74. The number of oxime groups is 1. The fourth-order valence-corrected chi connectivity index (χ4v) is 2.92. The molecule has 0 amide bonds. The number of rotatable bonds is 4. The van der Waals surface area contributed by atoms with Gasteiger partial charge in [0, 0.05) is 11.5 Å². The molecule has 0 radical (unpaired) electrons. The molecule has 0 saturated carbocycles. The van der Waals surface area contributed by atoms with E-state index < -0.39 is 23.7 Å².